The Bertz CT molecular complexity index is 169. The first-order valence-electron chi connectivity index (χ1n) is 3.99. The monoisotopic (exact) mass is 173 g/mol. The van der Waals surface area contributed by atoms with Crippen molar-refractivity contribution in [2.45, 2.75) is 18.6 Å². The molecule has 12 heavy (non-hydrogen) atoms. The molecule has 0 atom stereocenters. The number of carbonyl (C=O) groups is 1. The van der Waals surface area contributed by atoms with Crippen molar-refractivity contribution in [2.24, 2.45) is 5.92 Å². The summed E-state index contributed by atoms with van der Waals surface area (Å²) in [4.78, 5) is 11.1. The SMILES string of the molecule is CNC(=O)C1CC(OC)(OC)C1. The summed E-state index contributed by atoms with van der Waals surface area (Å²) in [6.07, 6.45) is 1.30. The van der Waals surface area contributed by atoms with Crippen LogP contribution < -0.4 is 5.32 Å². The molecule has 0 aromatic rings. The van der Waals surface area contributed by atoms with E-state index in [1.165, 1.54) is 0 Å². The van der Waals surface area contributed by atoms with Crippen molar-refractivity contribution in [3.8, 4) is 0 Å². The van der Waals surface area contributed by atoms with Gasteiger partial charge in [-0.2, -0.15) is 0 Å². The van der Waals surface area contributed by atoms with E-state index in [2.05, 4.69) is 5.32 Å². The van der Waals surface area contributed by atoms with E-state index in [0.29, 0.717) is 12.8 Å². The van der Waals surface area contributed by atoms with Crippen LogP contribution in [0.5, 0.6) is 0 Å². The van der Waals surface area contributed by atoms with Gasteiger partial charge in [0.2, 0.25) is 5.91 Å². The molecule has 0 spiro atoms. The highest BCUT2D eigenvalue weighted by atomic mass is 16.7. The van der Waals surface area contributed by atoms with Crippen molar-refractivity contribution in [3.05, 3.63) is 0 Å². The summed E-state index contributed by atoms with van der Waals surface area (Å²) in [6, 6.07) is 0. The highest BCUT2D eigenvalue weighted by molar-refractivity contribution is 5.79. The molecule has 0 radical (unpaired) electrons. The van der Waals surface area contributed by atoms with E-state index in [0.717, 1.165) is 0 Å². The molecule has 0 aliphatic heterocycles. The quantitative estimate of drug-likeness (QED) is 0.617. The van der Waals surface area contributed by atoms with Gasteiger partial charge in [-0.1, -0.05) is 0 Å². The van der Waals surface area contributed by atoms with E-state index in [4.69, 9.17) is 9.47 Å². The van der Waals surface area contributed by atoms with Crippen LogP contribution in [0, 0.1) is 5.92 Å². The molecule has 0 unspecified atom stereocenters. The van der Waals surface area contributed by atoms with Crippen molar-refractivity contribution < 1.29 is 14.3 Å². The summed E-state index contributed by atoms with van der Waals surface area (Å²) in [5, 5.41) is 2.60. The van der Waals surface area contributed by atoms with Gasteiger partial charge in [-0.15, -0.1) is 0 Å². The van der Waals surface area contributed by atoms with E-state index in [9.17, 15) is 4.79 Å². The molecule has 4 nitrogen and oxygen atoms in total. The maximum Gasteiger partial charge on any atom is 0.223 e. The van der Waals surface area contributed by atoms with Crippen LogP contribution in [-0.4, -0.2) is 33.0 Å². The maximum atomic E-state index is 11.1. The molecule has 1 aliphatic rings. The molecule has 0 aromatic carbocycles. The maximum absolute atomic E-state index is 11.1. The van der Waals surface area contributed by atoms with E-state index >= 15 is 0 Å². The van der Waals surface area contributed by atoms with Gasteiger partial charge in [-0.25, -0.2) is 0 Å². The Morgan fingerprint density at radius 3 is 2.25 bits per heavy atom. The summed E-state index contributed by atoms with van der Waals surface area (Å²) < 4.78 is 10.3. The molecule has 1 aliphatic carbocycles. The number of carbonyl (C=O) groups excluding carboxylic acids is 1. The topological polar surface area (TPSA) is 47.6 Å². The Morgan fingerprint density at radius 2 is 1.92 bits per heavy atom. The van der Waals surface area contributed by atoms with Crippen molar-refractivity contribution >= 4 is 5.91 Å². The van der Waals surface area contributed by atoms with Crippen LogP contribution in [0.4, 0.5) is 0 Å². The van der Waals surface area contributed by atoms with Crippen LogP contribution in [0.25, 0.3) is 0 Å². The molecule has 1 fully saturated rings. The van der Waals surface area contributed by atoms with Gasteiger partial charge in [0.1, 0.15) is 0 Å². The number of amides is 1. The molecular formula is C8H15NO3. The molecule has 0 bridgehead atoms. The summed E-state index contributed by atoms with van der Waals surface area (Å²) in [5.41, 5.74) is 0. The molecule has 0 aromatic heterocycles. The predicted octanol–water partition coefficient (Wildman–Crippen LogP) is 0.131. The Balaban J connectivity index is 2.40. The van der Waals surface area contributed by atoms with Gasteiger partial charge in [-0.05, 0) is 0 Å². The highest BCUT2D eigenvalue weighted by Crippen LogP contribution is 2.40. The number of methoxy groups -OCH3 is 2. The number of ether oxygens (including phenoxy) is 2. The Hall–Kier alpha value is -0.610. The van der Waals surface area contributed by atoms with Crippen LogP contribution in [-0.2, 0) is 14.3 Å². The lowest BCUT2D eigenvalue weighted by Gasteiger charge is -2.43. The first-order chi connectivity index (χ1) is 5.67. The fraction of sp³-hybridized carbons (Fsp3) is 0.875. The van der Waals surface area contributed by atoms with Gasteiger partial charge in [0, 0.05) is 40.0 Å². The second-order valence-corrected chi connectivity index (χ2v) is 3.04. The fourth-order valence-electron chi connectivity index (χ4n) is 1.50. The zero-order chi connectivity index (χ0) is 9.19. The standard InChI is InChI=1S/C8H15NO3/c1-9-7(10)6-4-8(5-6,11-2)12-3/h6H,4-5H2,1-3H3,(H,9,10). The Morgan fingerprint density at radius 1 is 1.42 bits per heavy atom. The van der Waals surface area contributed by atoms with Gasteiger partial charge < -0.3 is 14.8 Å². The van der Waals surface area contributed by atoms with Crippen molar-refractivity contribution in [1.29, 1.82) is 0 Å². The zero-order valence-corrected chi connectivity index (χ0v) is 7.72. The van der Waals surface area contributed by atoms with Crippen LogP contribution in [0.2, 0.25) is 0 Å². The van der Waals surface area contributed by atoms with Crippen molar-refractivity contribution in [1.82, 2.24) is 5.32 Å². The minimum atomic E-state index is -0.503. The van der Waals surface area contributed by atoms with Crippen LogP contribution in [0.15, 0.2) is 0 Å². The van der Waals surface area contributed by atoms with E-state index < -0.39 is 5.79 Å². The van der Waals surface area contributed by atoms with Crippen LogP contribution >= 0.6 is 0 Å². The number of hydrogen-bond donors (Lipinski definition) is 1. The van der Waals surface area contributed by atoms with Gasteiger partial charge in [0.25, 0.3) is 0 Å². The van der Waals surface area contributed by atoms with E-state index in [1.807, 2.05) is 0 Å². The first-order valence-corrected chi connectivity index (χ1v) is 3.99. The zero-order valence-electron chi connectivity index (χ0n) is 7.72. The van der Waals surface area contributed by atoms with Gasteiger partial charge >= 0.3 is 0 Å². The fourth-order valence-corrected chi connectivity index (χ4v) is 1.50. The first kappa shape index (κ1) is 9.48. The lowest BCUT2D eigenvalue weighted by atomic mass is 9.78. The smallest absolute Gasteiger partial charge is 0.223 e. The Kier molecular flexibility index (Phi) is 2.69. The molecule has 0 heterocycles. The van der Waals surface area contributed by atoms with Gasteiger partial charge in [0.05, 0.1) is 0 Å². The average Bonchev–Trinajstić information content (AvgIpc) is 2.04. The molecule has 70 valence electrons. The third kappa shape index (κ3) is 1.44. The molecule has 1 rings (SSSR count). The van der Waals surface area contributed by atoms with Gasteiger partial charge in [0.15, 0.2) is 5.79 Å². The number of rotatable bonds is 3. The largest absolute Gasteiger partial charge is 0.359 e. The van der Waals surface area contributed by atoms with Gasteiger partial charge in [-0.3, -0.25) is 4.79 Å². The highest BCUT2D eigenvalue weighted by Gasteiger charge is 2.48. The molecule has 1 saturated carbocycles. The lowest BCUT2D eigenvalue weighted by Crippen LogP contribution is -2.52. The third-order valence-corrected chi connectivity index (χ3v) is 2.48. The summed E-state index contributed by atoms with van der Waals surface area (Å²) in [7, 11) is 4.84. The molecule has 1 amide bonds. The Labute approximate surface area is 72.2 Å². The molecule has 1 N–H and O–H groups in total. The second-order valence-electron chi connectivity index (χ2n) is 3.04. The summed E-state index contributed by atoms with van der Waals surface area (Å²) in [6.45, 7) is 0. The number of hydrogen-bond acceptors (Lipinski definition) is 3. The predicted molar refractivity (Wildman–Crippen MR) is 43.5 cm³/mol. The minimum Gasteiger partial charge on any atom is -0.359 e. The summed E-state index contributed by atoms with van der Waals surface area (Å²) in [5.74, 6) is -0.383. The average molecular weight is 173 g/mol. The van der Waals surface area contributed by atoms with E-state index in [1.54, 1.807) is 21.3 Å². The minimum absolute atomic E-state index is 0.0508. The third-order valence-electron chi connectivity index (χ3n) is 2.48. The van der Waals surface area contributed by atoms with Crippen molar-refractivity contribution in [3.63, 3.8) is 0 Å². The van der Waals surface area contributed by atoms with E-state index in [-0.39, 0.29) is 11.8 Å². The second kappa shape index (κ2) is 3.41. The lowest BCUT2D eigenvalue weighted by molar-refractivity contribution is -0.266. The normalized spacial score (nSPS) is 21.6. The molecule has 4 heteroatoms. The van der Waals surface area contributed by atoms with Crippen LogP contribution in [0.1, 0.15) is 12.8 Å². The molecule has 0 saturated heterocycles. The van der Waals surface area contributed by atoms with Crippen molar-refractivity contribution in [2.75, 3.05) is 21.3 Å². The summed E-state index contributed by atoms with van der Waals surface area (Å²) >= 11 is 0. The van der Waals surface area contributed by atoms with Crippen LogP contribution in [0.3, 0.4) is 0 Å². The molecular weight excluding hydrogens is 158 g/mol. The number of nitrogens with one attached hydrogen (secondary N) is 1.